The van der Waals surface area contributed by atoms with Crippen LogP contribution in [0.5, 0.6) is 11.5 Å². The van der Waals surface area contributed by atoms with E-state index in [2.05, 4.69) is 5.32 Å². The van der Waals surface area contributed by atoms with Gasteiger partial charge in [0.15, 0.2) is 6.10 Å². The van der Waals surface area contributed by atoms with Gasteiger partial charge in [0, 0.05) is 5.69 Å². The molecular formula is C21H25NO5. The Kier molecular flexibility index (Phi) is 7.23. The third-order valence-corrected chi connectivity index (χ3v) is 3.55. The predicted octanol–water partition coefficient (Wildman–Crippen LogP) is 4.06. The summed E-state index contributed by atoms with van der Waals surface area (Å²) >= 11 is 0. The number of nitrogens with one attached hydrogen (secondary N) is 1. The van der Waals surface area contributed by atoms with Crippen molar-refractivity contribution in [2.75, 3.05) is 11.9 Å². The fourth-order valence-corrected chi connectivity index (χ4v) is 2.27. The zero-order chi connectivity index (χ0) is 19.8. The van der Waals surface area contributed by atoms with Crippen LogP contribution in [0.15, 0.2) is 48.5 Å². The van der Waals surface area contributed by atoms with E-state index in [1.807, 2.05) is 20.8 Å². The minimum Gasteiger partial charge on any atom is -0.494 e. The molecule has 0 aliphatic carbocycles. The number of carbonyl (C=O) groups is 2. The first-order valence-electron chi connectivity index (χ1n) is 8.90. The van der Waals surface area contributed by atoms with E-state index in [0.29, 0.717) is 23.6 Å². The highest BCUT2D eigenvalue weighted by Gasteiger charge is 2.19. The van der Waals surface area contributed by atoms with Crippen molar-refractivity contribution in [3.05, 3.63) is 54.1 Å². The third-order valence-electron chi connectivity index (χ3n) is 3.55. The van der Waals surface area contributed by atoms with Gasteiger partial charge in [-0.25, -0.2) is 4.79 Å². The molecular weight excluding hydrogens is 346 g/mol. The fraction of sp³-hybridized carbons (Fsp3) is 0.333. The molecule has 0 radical (unpaired) electrons. The topological polar surface area (TPSA) is 73.9 Å². The van der Waals surface area contributed by atoms with Crippen molar-refractivity contribution >= 4 is 17.6 Å². The zero-order valence-electron chi connectivity index (χ0n) is 16.0. The summed E-state index contributed by atoms with van der Waals surface area (Å²) in [6, 6.07) is 13.6. The Morgan fingerprint density at radius 1 is 0.926 bits per heavy atom. The highest BCUT2D eigenvalue weighted by molar-refractivity contribution is 5.97. The monoisotopic (exact) mass is 371 g/mol. The number of hydrogen-bond donors (Lipinski definition) is 1. The van der Waals surface area contributed by atoms with Crippen molar-refractivity contribution in [1.82, 2.24) is 0 Å². The Bertz CT molecular complexity index is 753. The number of rotatable bonds is 8. The zero-order valence-corrected chi connectivity index (χ0v) is 16.0. The van der Waals surface area contributed by atoms with Gasteiger partial charge < -0.3 is 19.5 Å². The van der Waals surface area contributed by atoms with Crippen LogP contribution >= 0.6 is 0 Å². The summed E-state index contributed by atoms with van der Waals surface area (Å²) in [5.74, 6) is 0.412. The van der Waals surface area contributed by atoms with Gasteiger partial charge >= 0.3 is 5.97 Å². The molecule has 0 unspecified atom stereocenters. The van der Waals surface area contributed by atoms with E-state index in [4.69, 9.17) is 14.2 Å². The standard InChI is InChI=1S/C21H25NO5/c1-5-25-18-12-8-17(9-13-18)22-20(23)15(4)27-21(24)16-6-10-19(11-7-16)26-14(2)3/h6-15H,5H2,1-4H3,(H,22,23)/t15-/m0/s1. The maximum absolute atomic E-state index is 12.2. The predicted molar refractivity (Wildman–Crippen MR) is 103 cm³/mol. The van der Waals surface area contributed by atoms with E-state index in [-0.39, 0.29) is 6.10 Å². The number of carbonyl (C=O) groups excluding carboxylic acids is 2. The van der Waals surface area contributed by atoms with Crippen molar-refractivity contribution in [2.45, 2.75) is 39.9 Å². The van der Waals surface area contributed by atoms with Crippen LogP contribution in [-0.2, 0) is 9.53 Å². The highest BCUT2D eigenvalue weighted by Crippen LogP contribution is 2.17. The van der Waals surface area contributed by atoms with Crippen LogP contribution in [0, 0.1) is 0 Å². The van der Waals surface area contributed by atoms with E-state index in [1.165, 1.54) is 6.92 Å². The van der Waals surface area contributed by atoms with Crippen molar-refractivity contribution in [3.8, 4) is 11.5 Å². The lowest BCUT2D eigenvalue weighted by Gasteiger charge is -2.14. The molecule has 0 aliphatic heterocycles. The van der Waals surface area contributed by atoms with E-state index < -0.39 is 18.0 Å². The minimum atomic E-state index is -0.935. The second-order valence-electron chi connectivity index (χ2n) is 6.19. The van der Waals surface area contributed by atoms with Crippen LogP contribution in [0.25, 0.3) is 0 Å². The maximum atomic E-state index is 12.2. The van der Waals surface area contributed by atoms with Crippen LogP contribution in [0.1, 0.15) is 38.1 Å². The molecule has 2 rings (SSSR count). The Balaban J connectivity index is 1.90. The quantitative estimate of drug-likeness (QED) is 0.709. The van der Waals surface area contributed by atoms with Gasteiger partial charge in [0.05, 0.1) is 18.3 Å². The summed E-state index contributed by atoms with van der Waals surface area (Å²) in [5.41, 5.74) is 0.952. The van der Waals surface area contributed by atoms with Crippen molar-refractivity contribution in [3.63, 3.8) is 0 Å². The molecule has 2 aromatic rings. The highest BCUT2D eigenvalue weighted by atomic mass is 16.5. The molecule has 6 nitrogen and oxygen atoms in total. The summed E-state index contributed by atoms with van der Waals surface area (Å²) in [6.07, 6.45) is -0.884. The second-order valence-corrected chi connectivity index (χ2v) is 6.19. The lowest BCUT2D eigenvalue weighted by molar-refractivity contribution is -0.123. The minimum absolute atomic E-state index is 0.0501. The van der Waals surface area contributed by atoms with Crippen LogP contribution < -0.4 is 14.8 Å². The summed E-state index contributed by atoms with van der Waals surface area (Å²) in [7, 11) is 0. The van der Waals surface area contributed by atoms with Gasteiger partial charge in [-0.3, -0.25) is 4.79 Å². The van der Waals surface area contributed by atoms with Crippen molar-refractivity contribution < 1.29 is 23.8 Å². The molecule has 0 saturated heterocycles. The number of hydrogen-bond acceptors (Lipinski definition) is 5. The van der Waals surface area contributed by atoms with E-state index in [0.717, 1.165) is 5.75 Å². The van der Waals surface area contributed by atoms with Crippen LogP contribution in [-0.4, -0.2) is 30.7 Å². The molecule has 2 aromatic carbocycles. The van der Waals surface area contributed by atoms with Gasteiger partial charge in [-0.05, 0) is 76.2 Å². The first-order valence-corrected chi connectivity index (χ1v) is 8.90. The smallest absolute Gasteiger partial charge is 0.338 e. The summed E-state index contributed by atoms with van der Waals surface area (Å²) in [4.78, 5) is 24.4. The maximum Gasteiger partial charge on any atom is 0.338 e. The Hall–Kier alpha value is -3.02. The molecule has 0 aliphatic rings. The SMILES string of the molecule is CCOc1ccc(NC(=O)[C@H](C)OC(=O)c2ccc(OC(C)C)cc2)cc1. The first-order chi connectivity index (χ1) is 12.9. The molecule has 0 spiro atoms. The molecule has 1 N–H and O–H groups in total. The Morgan fingerprint density at radius 3 is 2.07 bits per heavy atom. The van der Waals surface area contributed by atoms with Gasteiger partial charge in [0.2, 0.25) is 0 Å². The largest absolute Gasteiger partial charge is 0.494 e. The molecule has 1 atom stereocenters. The van der Waals surface area contributed by atoms with Crippen molar-refractivity contribution in [1.29, 1.82) is 0 Å². The van der Waals surface area contributed by atoms with E-state index >= 15 is 0 Å². The molecule has 0 bridgehead atoms. The molecule has 0 heterocycles. The van der Waals surface area contributed by atoms with E-state index in [9.17, 15) is 9.59 Å². The average molecular weight is 371 g/mol. The third kappa shape index (κ3) is 6.33. The average Bonchev–Trinajstić information content (AvgIpc) is 2.63. The number of benzene rings is 2. The van der Waals surface area contributed by atoms with Gasteiger partial charge in [-0.15, -0.1) is 0 Å². The molecule has 0 aromatic heterocycles. The number of esters is 1. The second kappa shape index (κ2) is 9.62. The molecule has 27 heavy (non-hydrogen) atoms. The fourth-order valence-electron chi connectivity index (χ4n) is 2.27. The molecule has 0 saturated carbocycles. The summed E-state index contributed by atoms with van der Waals surface area (Å²) in [6.45, 7) is 7.84. The van der Waals surface area contributed by atoms with Crippen LogP contribution in [0.4, 0.5) is 5.69 Å². The molecule has 1 amide bonds. The molecule has 144 valence electrons. The van der Waals surface area contributed by atoms with Gasteiger partial charge in [0.1, 0.15) is 11.5 Å². The van der Waals surface area contributed by atoms with Gasteiger partial charge in [-0.1, -0.05) is 0 Å². The van der Waals surface area contributed by atoms with Crippen LogP contribution in [0.2, 0.25) is 0 Å². The van der Waals surface area contributed by atoms with E-state index in [1.54, 1.807) is 48.5 Å². The number of ether oxygens (including phenoxy) is 3. The van der Waals surface area contributed by atoms with Crippen LogP contribution in [0.3, 0.4) is 0 Å². The number of amides is 1. The Morgan fingerprint density at radius 2 is 1.52 bits per heavy atom. The molecule has 0 fully saturated rings. The van der Waals surface area contributed by atoms with Gasteiger partial charge in [-0.2, -0.15) is 0 Å². The summed E-state index contributed by atoms with van der Waals surface area (Å²) in [5, 5.41) is 2.71. The molecule has 6 heteroatoms. The lowest BCUT2D eigenvalue weighted by Crippen LogP contribution is -2.30. The number of anilines is 1. The normalized spacial score (nSPS) is 11.6. The summed E-state index contributed by atoms with van der Waals surface area (Å²) < 4.78 is 16.1. The Labute approximate surface area is 159 Å². The lowest BCUT2D eigenvalue weighted by atomic mass is 10.2. The van der Waals surface area contributed by atoms with Crippen molar-refractivity contribution in [2.24, 2.45) is 0 Å². The van der Waals surface area contributed by atoms with Gasteiger partial charge in [0.25, 0.3) is 5.91 Å². The first kappa shape index (κ1) is 20.3.